The molecule has 4 aliphatic heterocycles. The van der Waals surface area contributed by atoms with Crippen molar-refractivity contribution in [3.8, 4) is 5.75 Å². The van der Waals surface area contributed by atoms with Gasteiger partial charge in [0, 0.05) is 23.8 Å². The Labute approximate surface area is 182 Å². The van der Waals surface area contributed by atoms with Crippen LogP contribution in [0.1, 0.15) is 65.0 Å². The summed E-state index contributed by atoms with van der Waals surface area (Å²) >= 11 is 0. The normalized spacial score (nSPS) is 42.6. The Morgan fingerprint density at radius 1 is 1.16 bits per heavy atom. The molecule has 4 unspecified atom stereocenters. The van der Waals surface area contributed by atoms with Crippen molar-refractivity contribution in [3.05, 3.63) is 29.8 Å². The number of hydrogen-bond donors (Lipinski definition) is 1. The number of Topliss-reactive ketones (excluding diaryl/α,β-unsaturated/α-hetero) is 1. The smallest absolute Gasteiger partial charge is 0.228 e. The van der Waals surface area contributed by atoms with E-state index in [0.717, 1.165) is 19.3 Å². The van der Waals surface area contributed by atoms with Crippen LogP contribution in [0.4, 0.5) is 0 Å². The fourth-order valence-electron chi connectivity index (χ4n) is 6.64. The number of hydrogen-bond acceptors (Lipinski definition) is 6. The van der Waals surface area contributed by atoms with Gasteiger partial charge in [0.05, 0.1) is 0 Å². The van der Waals surface area contributed by atoms with E-state index < -0.39 is 23.7 Å². The van der Waals surface area contributed by atoms with Crippen LogP contribution in [-0.4, -0.2) is 39.3 Å². The van der Waals surface area contributed by atoms with Gasteiger partial charge in [-0.05, 0) is 51.0 Å². The van der Waals surface area contributed by atoms with Crippen molar-refractivity contribution < 1.29 is 29.2 Å². The minimum atomic E-state index is -0.989. The lowest BCUT2D eigenvalue weighted by atomic mass is 9.56. The molecule has 4 saturated heterocycles. The molecule has 2 bridgehead atoms. The highest BCUT2D eigenvalue weighted by Crippen LogP contribution is 2.61. The van der Waals surface area contributed by atoms with Gasteiger partial charge in [-0.25, -0.2) is 9.78 Å². The maximum absolute atomic E-state index is 13.8. The number of phenolic OH excluding ortho intramolecular Hbond substituents is 1. The first-order chi connectivity index (χ1) is 14.7. The van der Waals surface area contributed by atoms with Crippen molar-refractivity contribution in [1.29, 1.82) is 0 Å². The molecule has 1 saturated carbocycles. The predicted octanol–water partition coefficient (Wildman–Crippen LogP) is 3.72. The zero-order valence-corrected chi connectivity index (χ0v) is 18.5. The predicted molar refractivity (Wildman–Crippen MR) is 110 cm³/mol. The van der Waals surface area contributed by atoms with Gasteiger partial charge in [0.1, 0.15) is 11.8 Å². The molecule has 7 nitrogen and oxygen atoms in total. The van der Waals surface area contributed by atoms with Gasteiger partial charge in [-0.1, -0.05) is 32.0 Å². The number of carbonyl (C=O) groups is 2. The average molecular weight is 430 g/mol. The topological polar surface area (TPSA) is 85.3 Å². The van der Waals surface area contributed by atoms with Gasteiger partial charge in [0.25, 0.3) is 0 Å². The molecule has 8 atom stereocenters. The first-order valence-corrected chi connectivity index (χ1v) is 11.3. The van der Waals surface area contributed by atoms with Gasteiger partial charge in [0.2, 0.25) is 11.7 Å². The van der Waals surface area contributed by atoms with E-state index in [1.54, 1.807) is 23.1 Å². The SMILES string of the molecule is CC(=O)C(c1ccccc1O)N1C(=O)[C@H](C)C2CC[C@@H](C)C3CC[C@]4(C)OOC32[C@H]1O4. The van der Waals surface area contributed by atoms with E-state index in [1.165, 1.54) is 13.0 Å². The second-order valence-corrected chi connectivity index (χ2v) is 10.0. The first-order valence-electron chi connectivity index (χ1n) is 11.3. The summed E-state index contributed by atoms with van der Waals surface area (Å²) in [5.74, 6) is -1.25. The third-order valence-corrected chi connectivity index (χ3v) is 8.19. The standard InChI is InChI=1S/C24H31NO6/c1-13-9-10-18-14(2)21(28)25(20(15(3)26)16-7-5-6-8-19(16)27)22-24(18)17(13)11-12-23(4,29-22)30-31-24/h5-8,13-14,17-18,20,22,27H,9-12H2,1-4H3/t13-,14-,17?,18?,20?,22-,23+,24?/m1/s1. The summed E-state index contributed by atoms with van der Waals surface area (Å²) in [5, 5.41) is 10.6. The van der Waals surface area contributed by atoms with Crippen LogP contribution in [0, 0.1) is 23.7 Å². The quantitative estimate of drug-likeness (QED) is 0.737. The lowest BCUT2D eigenvalue weighted by Crippen LogP contribution is -2.75. The number of nitrogens with zero attached hydrogens (tertiary/aromatic N) is 1. The van der Waals surface area contributed by atoms with Crippen molar-refractivity contribution in [2.24, 2.45) is 23.7 Å². The highest BCUT2D eigenvalue weighted by molar-refractivity contribution is 5.91. The number of piperidine rings is 1. The maximum atomic E-state index is 13.8. The number of benzene rings is 1. The van der Waals surface area contributed by atoms with Gasteiger partial charge in [-0.2, -0.15) is 0 Å². The number of aromatic hydroxyl groups is 1. The van der Waals surface area contributed by atoms with Crippen molar-refractivity contribution in [2.45, 2.75) is 77.0 Å². The zero-order chi connectivity index (χ0) is 22.1. The van der Waals surface area contributed by atoms with Crippen LogP contribution in [0.3, 0.4) is 0 Å². The summed E-state index contributed by atoms with van der Waals surface area (Å²) in [6.45, 7) is 7.43. The number of amides is 1. The molecule has 6 rings (SSSR count). The van der Waals surface area contributed by atoms with Crippen LogP contribution < -0.4 is 0 Å². The molecule has 1 N–H and O–H groups in total. The first kappa shape index (κ1) is 20.9. The molecular weight excluding hydrogens is 398 g/mol. The molecular formula is C24H31NO6. The largest absolute Gasteiger partial charge is 0.508 e. The molecule has 4 heterocycles. The van der Waals surface area contributed by atoms with Crippen LogP contribution in [0.25, 0.3) is 0 Å². The van der Waals surface area contributed by atoms with Gasteiger partial charge in [0.15, 0.2) is 17.6 Å². The third kappa shape index (κ3) is 2.82. The molecule has 0 aromatic heterocycles. The number of fused-ring (bicyclic) bond motifs is 2. The Kier molecular flexibility index (Phi) is 4.74. The second-order valence-electron chi connectivity index (χ2n) is 10.0. The average Bonchev–Trinajstić information content (AvgIpc) is 2.96. The number of rotatable bonds is 3. The van der Waals surface area contributed by atoms with Crippen molar-refractivity contribution in [3.63, 3.8) is 0 Å². The molecule has 5 fully saturated rings. The van der Waals surface area contributed by atoms with Crippen molar-refractivity contribution >= 4 is 11.7 Å². The maximum Gasteiger partial charge on any atom is 0.228 e. The zero-order valence-electron chi connectivity index (χ0n) is 18.5. The third-order valence-electron chi connectivity index (χ3n) is 8.19. The molecule has 1 aromatic carbocycles. The summed E-state index contributed by atoms with van der Waals surface area (Å²) in [5.41, 5.74) is -0.431. The van der Waals surface area contributed by atoms with E-state index in [4.69, 9.17) is 14.5 Å². The molecule has 0 radical (unpaired) electrons. The lowest BCUT2D eigenvalue weighted by Gasteiger charge is -2.62. The number of ether oxygens (including phenoxy) is 1. The fraction of sp³-hybridized carbons (Fsp3) is 0.667. The number of phenols is 1. The second kappa shape index (κ2) is 7.02. The molecule has 5 aliphatic rings. The number of para-hydroxylation sites is 1. The minimum absolute atomic E-state index is 0.0153. The molecule has 1 aliphatic carbocycles. The van der Waals surface area contributed by atoms with Gasteiger partial charge < -0.3 is 9.84 Å². The van der Waals surface area contributed by atoms with E-state index in [9.17, 15) is 14.7 Å². The Morgan fingerprint density at radius 2 is 1.90 bits per heavy atom. The number of ketones is 1. The molecule has 168 valence electrons. The van der Waals surface area contributed by atoms with Gasteiger partial charge in [-0.3, -0.25) is 14.5 Å². The molecule has 31 heavy (non-hydrogen) atoms. The molecule has 7 heteroatoms. The highest BCUT2D eigenvalue weighted by atomic mass is 17.3. The van der Waals surface area contributed by atoms with Crippen molar-refractivity contribution in [1.82, 2.24) is 4.90 Å². The highest BCUT2D eigenvalue weighted by Gasteiger charge is 2.71. The summed E-state index contributed by atoms with van der Waals surface area (Å²) in [6, 6.07) is 5.73. The van der Waals surface area contributed by atoms with E-state index in [-0.39, 0.29) is 35.2 Å². The number of likely N-dealkylation sites (tertiary alicyclic amines) is 1. The van der Waals surface area contributed by atoms with E-state index in [2.05, 4.69) is 6.92 Å². The van der Waals surface area contributed by atoms with Crippen LogP contribution in [0.5, 0.6) is 5.75 Å². The summed E-state index contributed by atoms with van der Waals surface area (Å²) in [7, 11) is 0. The van der Waals surface area contributed by atoms with Crippen LogP contribution in [0.15, 0.2) is 24.3 Å². The van der Waals surface area contributed by atoms with Crippen molar-refractivity contribution in [2.75, 3.05) is 0 Å². The van der Waals surface area contributed by atoms with Crippen LogP contribution in [0.2, 0.25) is 0 Å². The van der Waals surface area contributed by atoms with E-state index >= 15 is 0 Å². The number of carbonyl (C=O) groups excluding carboxylic acids is 2. The fourth-order valence-corrected chi connectivity index (χ4v) is 6.64. The molecule has 1 aromatic rings. The lowest BCUT2D eigenvalue weighted by molar-refractivity contribution is -0.548. The Hall–Kier alpha value is -1.96. The molecule has 1 amide bonds. The summed E-state index contributed by atoms with van der Waals surface area (Å²) in [6.07, 6.45) is 2.64. The molecule has 1 spiro atoms. The van der Waals surface area contributed by atoms with Crippen LogP contribution in [-0.2, 0) is 24.1 Å². The Balaban J connectivity index is 1.70. The minimum Gasteiger partial charge on any atom is -0.508 e. The Bertz CT molecular complexity index is 919. The van der Waals surface area contributed by atoms with Gasteiger partial charge in [-0.15, -0.1) is 0 Å². The van der Waals surface area contributed by atoms with Crippen LogP contribution >= 0.6 is 0 Å². The Morgan fingerprint density at radius 3 is 2.61 bits per heavy atom. The van der Waals surface area contributed by atoms with E-state index in [1.807, 2.05) is 13.8 Å². The summed E-state index contributed by atoms with van der Waals surface area (Å²) in [4.78, 5) is 40.4. The van der Waals surface area contributed by atoms with E-state index in [0.29, 0.717) is 17.9 Å². The van der Waals surface area contributed by atoms with Gasteiger partial charge >= 0.3 is 0 Å². The summed E-state index contributed by atoms with van der Waals surface area (Å²) < 4.78 is 6.53. The monoisotopic (exact) mass is 429 g/mol.